The molecule has 110 valence electrons. The molecular weight excluding hydrogens is 276 g/mol. The van der Waals surface area contributed by atoms with Crippen LogP contribution in [0.1, 0.15) is 30.1 Å². The normalized spacial score (nSPS) is 19.1. The van der Waals surface area contributed by atoms with Gasteiger partial charge in [-0.1, -0.05) is 18.5 Å². The van der Waals surface area contributed by atoms with Crippen LogP contribution in [0.3, 0.4) is 0 Å². The molecule has 0 bridgehead atoms. The third kappa shape index (κ3) is 3.44. The second-order valence-electron chi connectivity index (χ2n) is 4.98. The first-order valence-corrected chi connectivity index (χ1v) is 7.39. The first-order chi connectivity index (χ1) is 9.65. The van der Waals surface area contributed by atoms with Gasteiger partial charge in [0.2, 0.25) is 0 Å². The molecule has 0 radical (unpaired) electrons. The largest absolute Gasteiger partial charge is 0.496 e. The lowest BCUT2D eigenvalue weighted by Crippen LogP contribution is -2.40. The first kappa shape index (κ1) is 15.1. The third-order valence-corrected chi connectivity index (χ3v) is 4.05. The fourth-order valence-corrected chi connectivity index (χ4v) is 2.86. The number of rotatable bonds is 5. The van der Waals surface area contributed by atoms with E-state index in [0.717, 1.165) is 19.5 Å². The second kappa shape index (κ2) is 6.95. The molecule has 1 aliphatic heterocycles. The van der Waals surface area contributed by atoms with E-state index in [1.165, 1.54) is 13.5 Å². The summed E-state index contributed by atoms with van der Waals surface area (Å²) in [5.74, 6) is 0.398. The minimum Gasteiger partial charge on any atom is -0.496 e. The van der Waals surface area contributed by atoms with Gasteiger partial charge >= 0.3 is 0 Å². The van der Waals surface area contributed by atoms with E-state index in [4.69, 9.17) is 16.3 Å². The topological polar surface area (TPSA) is 41.6 Å². The highest BCUT2D eigenvalue weighted by Gasteiger charge is 2.23. The Morgan fingerprint density at radius 1 is 1.55 bits per heavy atom. The number of likely N-dealkylation sites (N-methyl/N-ethyl adjacent to an activating group) is 1. The summed E-state index contributed by atoms with van der Waals surface area (Å²) in [5.41, 5.74) is 0.526. The van der Waals surface area contributed by atoms with Crippen molar-refractivity contribution < 1.29 is 9.53 Å². The van der Waals surface area contributed by atoms with Crippen molar-refractivity contribution in [2.45, 2.75) is 25.8 Å². The molecule has 1 N–H and O–H groups in total. The molecule has 1 heterocycles. The average molecular weight is 297 g/mol. The van der Waals surface area contributed by atoms with Crippen molar-refractivity contribution in [2.24, 2.45) is 0 Å². The maximum Gasteiger partial charge on any atom is 0.255 e. The summed E-state index contributed by atoms with van der Waals surface area (Å²) in [7, 11) is 1.54. The Kier molecular flexibility index (Phi) is 5.26. The molecule has 2 rings (SSSR count). The summed E-state index contributed by atoms with van der Waals surface area (Å²) in [4.78, 5) is 14.6. The number of halogens is 1. The van der Waals surface area contributed by atoms with Crippen molar-refractivity contribution in [3.8, 4) is 5.75 Å². The molecule has 0 spiro atoms. The Bertz CT molecular complexity index is 479. The summed E-state index contributed by atoms with van der Waals surface area (Å²) < 4.78 is 5.21. The number of hydrogen-bond acceptors (Lipinski definition) is 3. The van der Waals surface area contributed by atoms with Gasteiger partial charge in [-0.3, -0.25) is 9.69 Å². The molecule has 1 atom stereocenters. The Balaban J connectivity index is 1.98. The lowest BCUT2D eigenvalue weighted by molar-refractivity contribution is 0.0938. The van der Waals surface area contributed by atoms with Crippen LogP contribution in [-0.4, -0.2) is 43.6 Å². The highest BCUT2D eigenvalue weighted by molar-refractivity contribution is 6.30. The maximum atomic E-state index is 12.2. The van der Waals surface area contributed by atoms with E-state index in [-0.39, 0.29) is 5.91 Å². The van der Waals surface area contributed by atoms with Crippen LogP contribution < -0.4 is 10.1 Å². The Labute approximate surface area is 125 Å². The smallest absolute Gasteiger partial charge is 0.255 e. The molecule has 1 aromatic carbocycles. The molecule has 0 aromatic heterocycles. The van der Waals surface area contributed by atoms with Gasteiger partial charge in [0.1, 0.15) is 5.75 Å². The third-order valence-electron chi connectivity index (χ3n) is 3.81. The van der Waals surface area contributed by atoms with Gasteiger partial charge < -0.3 is 10.1 Å². The van der Waals surface area contributed by atoms with Gasteiger partial charge in [0.25, 0.3) is 5.91 Å². The minimum atomic E-state index is -0.110. The van der Waals surface area contributed by atoms with Crippen LogP contribution in [0.25, 0.3) is 0 Å². The monoisotopic (exact) mass is 296 g/mol. The molecule has 0 saturated carbocycles. The van der Waals surface area contributed by atoms with Crippen LogP contribution in [0.4, 0.5) is 0 Å². The van der Waals surface area contributed by atoms with Gasteiger partial charge in [0, 0.05) is 17.6 Å². The van der Waals surface area contributed by atoms with E-state index in [2.05, 4.69) is 17.1 Å². The molecule has 1 fully saturated rings. The first-order valence-electron chi connectivity index (χ1n) is 7.01. The second-order valence-corrected chi connectivity index (χ2v) is 5.42. The zero-order valence-corrected chi connectivity index (χ0v) is 12.7. The summed E-state index contributed by atoms with van der Waals surface area (Å²) in [6.45, 7) is 4.99. The predicted octanol–water partition coefficient (Wildman–Crippen LogP) is 2.56. The summed E-state index contributed by atoms with van der Waals surface area (Å²) in [6, 6.07) is 5.50. The predicted molar refractivity (Wildman–Crippen MR) is 80.6 cm³/mol. The standard InChI is InChI=1S/C15H21ClN2O2/c1-3-18-8-4-5-12(18)10-17-15(19)13-7-6-11(16)9-14(13)20-2/h6-7,9,12H,3-5,8,10H2,1-2H3,(H,17,19). The van der Waals surface area contributed by atoms with Gasteiger partial charge in [-0.25, -0.2) is 0 Å². The van der Waals surface area contributed by atoms with Crippen molar-refractivity contribution in [2.75, 3.05) is 26.7 Å². The molecule has 1 aromatic rings. The molecule has 0 aliphatic carbocycles. The summed E-state index contributed by atoms with van der Waals surface area (Å²) in [6.07, 6.45) is 2.35. The number of hydrogen-bond donors (Lipinski definition) is 1. The highest BCUT2D eigenvalue weighted by atomic mass is 35.5. The summed E-state index contributed by atoms with van der Waals surface area (Å²) >= 11 is 5.90. The van der Waals surface area contributed by atoms with Crippen molar-refractivity contribution in [1.82, 2.24) is 10.2 Å². The average Bonchev–Trinajstić information content (AvgIpc) is 2.92. The van der Waals surface area contributed by atoms with Crippen molar-refractivity contribution in [3.05, 3.63) is 28.8 Å². The minimum absolute atomic E-state index is 0.110. The molecule has 4 nitrogen and oxygen atoms in total. The molecular formula is C15H21ClN2O2. The molecule has 1 amide bonds. The fourth-order valence-electron chi connectivity index (χ4n) is 2.70. The molecule has 1 saturated heterocycles. The Morgan fingerprint density at radius 3 is 3.05 bits per heavy atom. The molecule has 5 heteroatoms. The van der Waals surface area contributed by atoms with E-state index < -0.39 is 0 Å². The Morgan fingerprint density at radius 2 is 2.35 bits per heavy atom. The van der Waals surface area contributed by atoms with E-state index in [1.54, 1.807) is 18.2 Å². The van der Waals surface area contributed by atoms with Crippen LogP contribution in [0.5, 0.6) is 5.75 Å². The quantitative estimate of drug-likeness (QED) is 0.908. The van der Waals surface area contributed by atoms with E-state index in [1.807, 2.05) is 0 Å². The van der Waals surface area contributed by atoms with E-state index >= 15 is 0 Å². The van der Waals surface area contributed by atoms with Gasteiger partial charge in [-0.2, -0.15) is 0 Å². The van der Waals surface area contributed by atoms with Gasteiger partial charge in [0.15, 0.2) is 0 Å². The fraction of sp³-hybridized carbons (Fsp3) is 0.533. The van der Waals surface area contributed by atoms with Gasteiger partial charge in [-0.15, -0.1) is 0 Å². The van der Waals surface area contributed by atoms with Gasteiger partial charge in [-0.05, 0) is 44.1 Å². The van der Waals surface area contributed by atoms with E-state index in [0.29, 0.717) is 28.9 Å². The number of amides is 1. The number of likely N-dealkylation sites (tertiary alicyclic amines) is 1. The zero-order chi connectivity index (χ0) is 14.5. The number of carbonyl (C=O) groups is 1. The lowest BCUT2D eigenvalue weighted by Gasteiger charge is -2.23. The van der Waals surface area contributed by atoms with Crippen LogP contribution in [0, 0.1) is 0 Å². The number of benzene rings is 1. The number of ether oxygens (including phenoxy) is 1. The SMILES string of the molecule is CCN1CCCC1CNC(=O)c1ccc(Cl)cc1OC. The number of nitrogens with zero attached hydrogens (tertiary/aromatic N) is 1. The van der Waals surface area contributed by atoms with Crippen LogP contribution >= 0.6 is 11.6 Å². The van der Waals surface area contributed by atoms with Crippen molar-refractivity contribution in [3.63, 3.8) is 0 Å². The number of methoxy groups -OCH3 is 1. The highest BCUT2D eigenvalue weighted by Crippen LogP contribution is 2.23. The maximum absolute atomic E-state index is 12.2. The molecule has 1 unspecified atom stereocenters. The van der Waals surface area contributed by atoms with Crippen molar-refractivity contribution in [1.29, 1.82) is 0 Å². The van der Waals surface area contributed by atoms with Crippen molar-refractivity contribution >= 4 is 17.5 Å². The molecule has 1 aliphatic rings. The van der Waals surface area contributed by atoms with E-state index in [9.17, 15) is 4.79 Å². The zero-order valence-electron chi connectivity index (χ0n) is 12.0. The lowest BCUT2D eigenvalue weighted by atomic mass is 10.1. The Hall–Kier alpha value is -1.26. The molecule has 20 heavy (non-hydrogen) atoms. The number of nitrogens with one attached hydrogen (secondary N) is 1. The van der Waals surface area contributed by atoms with Crippen LogP contribution in [0.15, 0.2) is 18.2 Å². The summed E-state index contributed by atoms with van der Waals surface area (Å²) in [5, 5.41) is 3.56. The van der Waals surface area contributed by atoms with Gasteiger partial charge in [0.05, 0.1) is 12.7 Å². The number of carbonyl (C=O) groups excluding carboxylic acids is 1. The van der Waals surface area contributed by atoms with Crippen LogP contribution in [-0.2, 0) is 0 Å². The van der Waals surface area contributed by atoms with Crippen LogP contribution in [0.2, 0.25) is 5.02 Å².